The molecular weight excluding hydrogens is 252 g/mol. The summed E-state index contributed by atoms with van der Waals surface area (Å²) in [4.78, 5) is 0. The van der Waals surface area contributed by atoms with E-state index in [2.05, 4.69) is 80.6 Å². The molecule has 3 aromatic rings. The highest BCUT2D eigenvalue weighted by Gasteiger charge is 2.47. The van der Waals surface area contributed by atoms with Crippen LogP contribution >= 0.6 is 0 Å². The van der Waals surface area contributed by atoms with E-state index in [-0.39, 0.29) is 0 Å². The Labute approximate surface area is 126 Å². The number of hydrogen-bond donors (Lipinski definition) is 0. The largest absolute Gasteiger partial charge is 0.0619 e. The summed E-state index contributed by atoms with van der Waals surface area (Å²) >= 11 is 0. The first kappa shape index (κ1) is 12.6. The van der Waals surface area contributed by atoms with Crippen molar-refractivity contribution in [3.8, 4) is 11.1 Å². The van der Waals surface area contributed by atoms with Gasteiger partial charge in [0.05, 0.1) is 0 Å². The average molecular weight is 272 g/mol. The van der Waals surface area contributed by atoms with E-state index in [1.165, 1.54) is 33.9 Å². The Kier molecular flexibility index (Phi) is 2.68. The third-order valence-corrected chi connectivity index (χ3v) is 4.93. The van der Waals surface area contributed by atoms with Gasteiger partial charge >= 0.3 is 0 Å². The Balaban J connectivity index is 1.94. The van der Waals surface area contributed by atoms with Crippen molar-refractivity contribution in [2.45, 2.75) is 26.2 Å². The monoisotopic (exact) mass is 272 g/mol. The molecule has 0 aliphatic heterocycles. The molecule has 0 nitrogen and oxygen atoms in total. The number of hydrogen-bond acceptors (Lipinski definition) is 0. The first-order valence-corrected chi connectivity index (χ1v) is 7.74. The lowest BCUT2D eigenvalue weighted by Gasteiger charge is -2.13. The van der Waals surface area contributed by atoms with Gasteiger partial charge in [-0.2, -0.15) is 0 Å². The molecule has 21 heavy (non-hydrogen) atoms. The summed E-state index contributed by atoms with van der Waals surface area (Å²) in [6.45, 7) is 4.75. The maximum absolute atomic E-state index is 2.37. The SMILES string of the molecule is CC1(C)CC1c1ccccc1-c1cccc2ccccc12. The van der Waals surface area contributed by atoms with Crippen LogP contribution in [0, 0.1) is 5.41 Å². The molecule has 0 spiro atoms. The standard InChI is InChI=1S/C21H20/c1-21(2)14-20(21)19-12-6-5-11-18(19)17-13-7-9-15-8-3-4-10-16(15)17/h3-13,20H,14H2,1-2H3. The van der Waals surface area contributed by atoms with Crippen LogP contribution in [0.25, 0.3) is 21.9 Å². The summed E-state index contributed by atoms with van der Waals surface area (Å²) in [5.41, 5.74) is 4.75. The highest BCUT2D eigenvalue weighted by atomic mass is 14.5. The number of fused-ring (bicyclic) bond motifs is 1. The molecule has 1 aliphatic rings. The fourth-order valence-corrected chi connectivity index (χ4v) is 3.50. The molecule has 0 bridgehead atoms. The van der Waals surface area contributed by atoms with Gasteiger partial charge in [-0.05, 0) is 45.2 Å². The van der Waals surface area contributed by atoms with Crippen LogP contribution in [0.1, 0.15) is 31.7 Å². The summed E-state index contributed by atoms with van der Waals surface area (Å²) in [6.07, 6.45) is 1.30. The number of benzene rings is 3. The zero-order valence-electron chi connectivity index (χ0n) is 12.6. The van der Waals surface area contributed by atoms with Gasteiger partial charge in [0.1, 0.15) is 0 Å². The lowest BCUT2D eigenvalue weighted by Crippen LogP contribution is -1.93. The van der Waals surface area contributed by atoms with Crippen LogP contribution < -0.4 is 0 Å². The summed E-state index contributed by atoms with van der Waals surface area (Å²) < 4.78 is 0. The molecule has 3 aromatic carbocycles. The van der Waals surface area contributed by atoms with Gasteiger partial charge < -0.3 is 0 Å². The zero-order valence-corrected chi connectivity index (χ0v) is 12.6. The van der Waals surface area contributed by atoms with Crippen molar-refractivity contribution >= 4 is 10.8 Å². The molecule has 0 heterocycles. The summed E-state index contributed by atoms with van der Waals surface area (Å²) in [5.74, 6) is 0.702. The van der Waals surface area contributed by atoms with Crippen molar-refractivity contribution in [1.29, 1.82) is 0 Å². The zero-order chi connectivity index (χ0) is 14.4. The van der Waals surface area contributed by atoms with E-state index in [1.54, 1.807) is 0 Å². The van der Waals surface area contributed by atoms with Crippen molar-refractivity contribution in [3.05, 3.63) is 72.3 Å². The molecule has 1 unspecified atom stereocenters. The molecule has 0 N–H and O–H groups in total. The molecule has 1 atom stereocenters. The van der Waals surface area contributed by atoms with Crippen LogP contribution in [-0.2, 0) is 0 Å². The van der Waals surface area contributed by atoms with E-state index in [0.717, 1.165) is 0 Å². The first-order chi connectivity index (χ1) is 10.2. The quantitative estimate of drug-likeness (QED) is 0.535. The average Bonchev–Trinajstić information content (AvgIpc) is 3.15. The van der Waals surface area contributed by atoms with Gasteiger partial charge in [-0.25, -0.2) is 0 Å². The molecule has 4 rings (SSSR count). The van der Waals surface area contributed by atoms with E-state index in [1.807, 2.05) is 0 Å². The minimum absolute atomic E-state index is 0.459. The summed E-state index contributed by atoms with van der Waals surface area (Å²) in [7, 11) is 0. The summed E-state index contributed by atoms with van der Waals surface area (Å²) in [5, 5.41) is 2.67. The smallest absolute Gasteiger partial charge is 0.00989 e. The Bertz CT molecular complexity index is 806. The Morgan fingerprint density at radius 2 is 1.38 bits per heavy atom. The molecule has 0 aromatic heterocycles. The van der Waals surface area contributed by atoms with Crippen molar-refractivity contribution in [2.24, 2.45) is 5.41 Å². The van der Waals surface area contributed by atoms with Crippen LogP contribution in [-0.4, -0.2) is 0 Å². The van der Waals surface area contributed by atoms with Crippen LogP contribution in [0.4, 0.5) is 0 Å². The lowest BCUT2D eigenvalue weighted by atomic mass is 9.91. The highest BCUT2D eigenvalue weighted by Crippen LogP contribution is 2.60. The normalized spacial score (nSPS) is 19.6. The maximum atomic E-state index is 2.37. The van der Waals surface area contributed by atoms with Crippen LogP contribution in [0.3, 0.4) is 0 Å². The van der Waals surface area contributed by atoms with Crippen molar-refractivity contribution in [2.75, 3.05) is 0 Å². The predicted molar refractivity (Wildman–Crippen MR) is 90.5 cm³/mol. The van der Waals surface area contributed by atoms with Gasteiger partial charge in [-0.1, -0.05) is 80.6 Å². The van der Waals surface area contributed by atoms with Crippen molar-refractivity contribution in [1.82, 2.24) is 0 Å². The van der Waals surface area contributed by atoms with Crippen LogP contribution in [0.2, 0.25) is 0 Å². The second kappa shape index (κ2) is 4.46. The molecule has 0 radical (unpaired) electrons. The van der Waals surface area contributed by atoms with Crippen molar-refractivity contribution in [3.63, 3.8) is 0 Å². The van der Waals surface area contributed by atoms with E-state index >= 15 is 0 Å². The van der Waals surface area contributed by atoms with E-state index in [9.17, 15) is 0 Å². The van der Waals surface area contributed by atoms with Gasteiger partial charge in [-0.3, -0.25) is 0 Å². The molecule has 1 saturated carbocycles. The van der Waals surface area contributed by atoms with Gasteiger partial charge in [0.25, 0.3) is 0 Å². The van der Waals surface area contributed by atoms with Gasteiger partial charge in [-0.15, -0.1) is 0 Å². The fourth-order valence-electron chi connectivity index (χ4n) is 3.50. The van der Waals surface area contributed by atoms with Gasteiger partial charge in [0.15, 0.2) is 0 Å². The molecule has 1 aliphatic carbocycles. The fraction of sp³-hybridized carbons (Fsp3) is 0.238. The Morgan fingerprint density at radius 3 is 2.19 bits per heavy atom. The lowest BCUT2D eigenvalue weighted by molar-refractivity contribution is 0.622. The van der Waals surface area contributed by atoms with E-state index < -0.39 is 0 Å². The summed E-state index contributed by atoms with van der Waals surface area (Å²) in [6, 6.07) is 24.3. The number of rotatable bonds is 2. The van der Waals surface area contributed by atoms with E-state index in [4.69, 9.17) is 0 Å². The predicted octanol–water partition coefficient (Wildman–Crippen LogP) is 6.02. The van der Waals surface area contributed by atoms with Crippen molar-refractivity contribution < 1.29 is 0 Å². The third kappa shape index (κ3) is 2.06. The minimum atomic E-state index is 0.459. The molecule has 0 saturated heterocycles. The van der Waals surface area contributed by atoms with Crippen LogP contribution in [0.15, 0.2) is 66.7 Å². The minimum Gasteiger partial charge on any atom is -0.0619 e. The highest BCUT2D eigenvalue weighted by molar-refractivity contribution is 5.97. The van der Waals surface area contributed by atoms with Gasteiger partial charge in [0.2, 0.25) is 0 Å². The third-order valence-electron chi connectivity index (χ3n) is 4.93. The Morgan fingerprint density at radius 1 is 0.762 bits per heavy atom. The topological polar surface area (TPSA) is 0 Å². The molecule has 104 valence electrons. The second-order valence-corrected chi connectivity index (χ2v) is 6.86. The molecule has 0 amide bonds. The van der Waals surface area contributed by atoms with Crippen LogP contribution in [0.5, 0.6) is 0 Å². The Hall–Kier alpha value is -2.08. The second-order valence-electron chi connectivity index (χ2n) is 6.86. The first-order valence-electron chi connectivity index (χ1n) is 7.74. The van der Waals surface area contributed by atoms with Gasteiger partial charge in [0, 0.05) is 0 Å². The molecule has 1 fully saturated rings. The molecular formula is C21H20. The maximum Gasteiger partial charge on any atom is -0.00989 e. The molecule has 0 heteroatoms. The van der Waals surface area contributed by atoms with E-state index in [0.29, 0.717) is 11.3 Å².